The van der Waals surface area contributed by atoms with Gasteiger partial charge in [-0.25, -0.2) is 4.98 Å². The molecule has 8 nitrogen and oxygen atoms in total. The van der Waals surface area contributed by atoms with E-state index in [1.54, 1.807) is 4.90 Å². The molecule has 1 saturated heterocycles. The summed E-state index contributed by atoms with van der Waals surface area (Å²) in [5.41, 5.74) is 3.50. The number of likely N-dealkylation sites (tertiary alicyclic amines) is 1. The second-order valence-corrected chi connectivity index (χ2v) is 9.02. The van der Waals surface area contributed by atoms with Crippen molar-refractivity contribution < 1.29 is 18.5 Å². The molecular formula is C26H32N4O4. The monoisotopic (exact) mass is 464 g/mol. The zero-order valence-corrected chi connectivity index (χ0v) is 20.2. The Labute approximate surface area is 199 Å². The second-order valence-electron chi connectivity index (χ2n) is 9.02. The van der Waals surface area contributed by atoms with E-state index in [2.05, 4.69) is 15.5 Å². The van der Waals surface area contributed by atoms with Crippen molar-refractivity contribution in [3.8, 4) is 11.3 Å². The molecule has 1 aliphatic heterocycles. The predicted molar refractivity (Wildman–Crippen MR) is 127 cm³/mol. The maximum Gasteiger partial charge on any atom is 0.243 e. The molecule has 2 amide bonds. The van der Waals surface area contributed by atoms with Crippen molar-refractivity contribution in [2.24, 2.45) is 0 Å². The number of hydrogen-bond acceptors (Lipinski definition) is 6. The topological polar surface area (TPSA) is 101 Å². The Morgan fingerprint density at radius 1 is 1.24 bits per heavy atom. The van der Waals surface area contributed by atoms with Crippen molar-refractivity contribution in [2.75, 3.05) is 6.54 Å². The fourth-order valence-electron chi connectivity index (χ4n) is 4.62. The van der Waals surface area contributed by atoms with Crippen LogP contribution in [0, 0.1) is 13.8 Å². The Balaban J connectivity index is 1.43. The number of aryl methyl sites for hydroxylation is 2. The minimum atomic E-state index is -0.477. The van der Waals surface area contributed by atoms with E-state index in [-0.39, 0.29) is 17.9 Å². The molecule has 3 atom stereocenters. The Bertz CT molecular complexity index is 1130. The first-order valence-electron chi connectivity index (χ1n) is 11.9. The second kappa shape index (κ2) is 10.2. The fraction of sp³-hybridized carbons (Fsp3) is 0.462. The lowest BCUT2D eigenvalue weighted by Crippen LogP contribution is -2.47. The highest BCUT2D eigenvalue weighted by Gasteiger charge is 2.38. The molecule has 1 N–H and O–H groups in total. The van der Waals surface area contributed by atoms with E-state index < -0.39 is 12.0 Å². The number of carbonyl (C=O) groups is 2. The maximum absolute atomic E-state index is 13.4. The molecule has 0 unspecified atom stereocenters. The van der Waals surface area contributed by atoms with Gasteiger partial charge in [0.15, 0.2) is 12.2 Å². The third-order valence-electron chi connectivity index (χ3n) is 6.48. The molecule has 8 heteroatoms. The van der Waals surface area contributed by atoms with Gasteiger partial charge in [-0.15, -0.1) is 0 Å². The quantitative estimate of drug-likeness (QED) is 0.519. The molecule has 0 radical (unpaired) electrons. The van der Waals surface area contributed by atoms with Crippen molar-refractivity contribution in [1.82, 2.24) is 20.4 Å². The van der Waals surface area contributed by atoms with Crippen LogP contribution in [0.1, 0.15) is 74.2 Å². The molecule has 1 fully saturated rings. The van der Waals surface area contributed by atoms with Crippen LogP contribution in [0.3, 0.4) is 0 Å². The summed E-state index contributed by atoms with van der Waals surface area (Å²) in [5, 5.41) is 7.05. The van der Waals surface area contributed by atoms with Gasteiger partial charge in [0.25, 0.3) is 0 Å². The average Bonchev–Trinajstić information content (AvgIpc) is 3.58. The molecule has 0 aliphatic carbocycles. The van der Waals surface area contributed by atoms with Crippen LogP contribution < -0.4 is 5.32 Å². The van der Waals surface area contributed by atoms with Gasteiger partial charge in [0.2, 0.25) is 11.8 Å². The zero-order chi connectivity index (χ0) is 24.2. The summed E-state index contributed by atoms with van der Waals surface area (Å²) in [7, 11) is 0. The molecule has 0 spiro atoms. The van der Waals surface area contributed by atoms with Gasteiger partial charge in [0, 0.05) is 18.2 Å². The van der Waals surface area contributed by atoms with E-state index in [9.17, 15) is 9.59 Å². The summed E-state index contributed by atoms with van der Waals surface area (Å²) < 4.78 is 10.9. The van der Waals surface area contributed by atoms with Gasteiger partial charge in [-0.1, -0.05) is 42.8 Å². The van der Waals surface area contributed by atoms with E-state index >= 15 is 0 Å². The summed E-state index contributed by atoms with van der Waals surface area (Å²) in [6.45, 7) is 8.30. The van der Waals surface area contributed by atoms with E-state index in [1.165, 1.54) is 6.39 Å². The lowest BCUT2D eigenvalue weighted by atomic mass is 9.98. The molecule has 1 aromatic carbocycles. The van der Waals surface area contributed by atoms with Crippen LogP contribution in [-0.2, 0) is 9.59 Å². The molecule has 3 heterocycles. The van der Waals surface area contributed by atoms with Gasteiger partial charge in [0.1, 0.15) is 11.8 Å². The smallest absolute Gasteiger partial charge is 0.243 e. The van der Waals surface area contributed by atoms with Crippen molar-refractivity contribution >= 4 is 11.8 Å². The number of hydrogen-bond donors (Lipinski definition) is 1. The van der Waals surface area contributed by atoms with Crippen molar-refractivity contribution in [2.45, 2.75) is 71.4 Å². The largest absolute Gasteiger partial charge is 0.443 e. The van der Waals surface area contributed by atoms with E-state index in [4.69, 9.17) is 8.94 Å². The fourth-order valence-corrected chi connectivity index (χ4v) is 4.62. The first-order valence-corrected chi connectivity index (χ1v) is 11.9. The number of benzene rings is 1. The Hall–Kier alpha value is -3.42. The van der Waals surface area contributed by atoms with Crippen molar-refractivity contribution in [3.05, 3.63) is 59.4 Å². The van der Waals surface area contributed by atoms with Gasteiger partial charge in [0.05, 0.1) is 23.3 Å². The lowest BCUT2D eigenvalue weighted by Gasteiger charge is -2.28. The zero-order valence-electron chi connectivity index (χ0n) is 20.2. The summed E-state index contributed by atoms with van der Waals surface area (Å²) in [6, 6.07) is 9.02. The maximum atomic E-state index is 13.4. The minimum Gasteiger partial charge on any atom is -0.443 e. The molecule has 34 heavy (non-hydrogen) atoms. The Morgan fingerprint density at radius 3 is 2.62 bits per heavy atom. The van der Waals surface area contributed by atoms with Crippen LogP contribution in [0.5, 0.6) is 0 Å². The first kappa shape index (κ1) is 23.7. The van der Waals surface area contributed by atoms with Gasteiger partial charge in [-0.2, -0.15) is 0 Å². The molecule has 1 aliphatic rings. The third-order valence-corrected chi connectivity index (χ3v) is 6.48. The van der Waals surface area contributed by atoms with Gasteiger partial charge in [-0.3, -0.25) is 9.59 Å². The molecule has 4 rings (SSSR count). The summed E-state index contributed by atoms with van der Waals surface area (Å²) >= 11 is 0. The molecule has 180 valence electrons. The van der Waals surface area contributed by atoms with Gasteiger partial charge in [-0.05, 0) is 45.6 Å². The molecule has 0 saturated carbocycles. The predicted octanol–water partition coefficient (Wildman–Crippen LogP) is 4.70. The SMILES string of the molecule is CCC[C@@H](C(=O)N1CCC[C@H]1C(=O)N[C@@H](C)c1ccc(-c2ocnc2C)cc1)c1cc(C)no1. The Kier molecular flexibility index (Phi) is 7.14. The number of carbonyl (C=O) groups excluding carboxylic acids is 2. The highest BCUT2D eigenvalue weighted by atomic mass is 16.5. The van der Waals surface area contributed by atoms with Crippen molar-refractivity contribution in [3.63, 3.8) is 0 Å². The average molecular weight is 465 g/mol. The summed E-state index contributed by atoms with van der Waals surface area (Å²) in [4.78, 5) is 32.5. The van der Waals surface area contributed by atoms with Crippen LogP contribution in [0.2, 0.25) is 0 Å². The highest BCUT2D eigenvalue weighted by molar-refractivity contribution is 5.91. The first-order chi connectivity index (χ1) is 16.4. The summed E-state index contributed by atoms with van der Waals surface area (Å²) in [5.74, 6) is 0.717. The van der Waals surface area contributed by atoms with Crippen LogP contribution in [0.15, 0.2) is 45.7 Å². The van der Waals surface area contributed by atoms with E-state index in [1.807, 2.05) is 58.0 Å². The van der Waals surface area contributed by atoms with Crippen LogP contribution in [0.4, 0.5) is 0 Å². The van der Waals surface area contributed by atoms with Crippen LogP contribution in [0.25, 0.3) is 11.3 Å². The van der Waals surface area contributed by atoms with E-state index in [0.717, 1.165) is 41.1 Å². The van der Waals surface area contributed by atoms with Crippen LogP contribution in [-0.4, -0.2) is 39.4 Å². The normalized spacial score (nSPS) is 17.5. The number of amides is 2. The van der Waals surface area contributed by atoms with Crippen LogP contribution >= 0.6 is 0 Å². The van der Waals surface area contributed by atoms with Crippen molar-refractivity contribution in [1.29, 1.82) is 0 Å². The Morgan fingerprint density at radius 2 is 2.00 bits per heavy atom. The number of oxazole rings is 1. The summed E-state index contributed by atoms with van der Waals surface area (Å²) in [6.07, 6.45) is 4.39. The standard InChI is InChI=1S/C26H32N4O4/c1-5-7-21(23-14-16(2)29-34-23)26(32)30-13-6-8-22(30)25(31)28-17(3)19-9-11-20(12-10-19)24-18(4)27-15-33-24/h9-12,14-15,17,21-22H,5-8,13H2,1-4H3,(H,28,31)/t17-,21+,22-/m0/s1. The molecule has 0 bridgehead atoms. The van der Waals surface area contributed by atoms with E-state index in [0.29, 0.717) is 25.1 Å². The number of rotatable bonds is 8. The lowest BCUT2D eigenvalue weighted by molar-refractivity contribution is -0.140. The minimum absolute atomic E-state index is 0.0601. The van der Waals surface area contributed by atoms with Gasteiger partial charge >= 0.3 is 0 Å². The number of nitrogens with one attached hydrogen (secondary N) is 1. The molecular weight excluding hydrogens is 432 g/mol. The number of nitrogens with zero attached hydrogens (tertiary/aromatic N) is 3. The van der Waals surface area contributed by atoms with Gasteiger partial charge < -0.3 is 19.2 Å². The number of aromatic nitrogens is 2. The third kappa shape index (κ3) is 4.90. The highest BCUT2D eigenvalue weighted by Crippen LogP contribution is 2.30. The molecule has 3 aromatic rings. The molecule has 2 aromatic heterocycles.